The fourth-order valence-electron chi connectivity index (χ4n) is 3.22. The molecule has 0 aliphatic carbocycles. The molecule has 0 aliphatic heterocycles. The molecule has 2 rings (SSSR count). The Morgan fingerprint density at radius 2 is 1.79 bits per heavy atom. The number of nitrogens with zero attached hydrogens (tertiary/aromatic N) is 1. The lowest BCUT2D eigenvalue weighted by atomic mass is 10.1. The lowest BCUT2D eigenvalue weighted by molar-refractivity contribution is -0.140. The number of nitrogens with one attached hydrogen (secondary N) is 1. The minimum Gasteiger partial charge on any atom is -0.354 e. The summed E-state index contributed by atoms with van der Waals surface area (Å²) in [6, 6.07) is 14.8. The maximum atomic E-state index is 13.2. The first kappa shape index (κ1) is 22.0. The van der Waals surface area contributed by atoms with Gasteiger partial charge in [-0.1, -0.05) is 67.4 Å². The molecule has 0 bridgehead atoms. The topological polar surface area (TPSA) is 49.4 Å². The van der Waals surface area contributed by atoms with Crippen LogP contribution in [0.3, 0.4) is 0 Å². The predicted octanol–water partition coefficient (Wildman–Crippen LogP) is 4.52. The van der Waals surface area contributed by atoms with Crippen LogP contribution in [0.5, 0.6) is 0 Å². The van der Waals surface area contributed by atoms with Crippen molar-refractivity contribution in [2.24, 2.45) is 0 Å². The molecule has 1 N–H and O–H groups in total. The molecule has 1 unspecified atom stereocenters. The van der Waals surface area contributed by atoms with E-state index in [0.29, 0.717) is 24.5 Å². The summed E-state index contributed by atoms with van der Waals surface area (Å²) in [7, 11) is 0. The molecule has 2 aromatic carbocycles. The highest BCUT2D eigenvalue weighted by Crippen LogP contribution is 2.17. The van der Waals surface area contributed by atoms with Crippen molar-refractivity contribution in [2.45, 2.75) is 52.6 Å². The van der Waals surface area contributed by atoms with Crippen LogP contribution in [-0.2, 0) is 22.6 Å². The summed E-state index contributed by atoms with van der Waals surface area (Å²) < 4.78 is 0. The number of amides is 2. The lowest BCUT2D eigenvalue weighted by Crippen LogP contribution is -2.49. The van der Waals surface area contributed by atoms with Crippen molar-refractivity contribution in [2.75, 3.05) is 6.54 Å². The van der Waals surface area contributed by atoms with Gasteiger partial charge >= 0.3 is 0 Å². The molecule has 150 valence electrons. The van der Waals surface area contributed by atoms with Gasteiger partial charge in [0.1, 0.15) is 6.04 Å². The van der Waals surface area contributed by atoms with Gasteiger partial charge in [0.05, 0.1) is 6.42 Å². The molecule has 0 saturated carbocycles. The Morgan fingerprint density at radius 1 is 1.07 bits per heavy atom. The number of halogens is 1. The van der Waals surface area contributed by atoms with Crippen molar-refractivity contribution in [3.05, 3.63) is 70.2 Å². The Labute approximate surface area is 172 Å². The summed E-state index contributed by atoms with van der Waals surface area (Å²) >= 11 is 6.06. The van der Waals surface area contributed by atoms with Crippen LogP contribution >= 0.6 is 11.6 Å². The molecular formula is C23H29ClN2O2. The van der Waals surface area contributed by atoms with Gasteiger partial charge in [0.2, 0.25) is 11.8 Å². The van der Waals surface area contributed by atoms with Crippen LogP contribution in [0.15, 0.2) is 48.5 Å². The molecule has 0 aliphatic rings. The largest absolute Gasteiger partial charge is 0.354 e. The molecule has 0 saturated heterocycles. The zero-order valence-corrected chi connectivity index (χ0v) is 17.6. The molecule has 5 heteroatoms. The summed E-state index contributed by atoms with van der Waals surface area (Å²) in [6.07, 6.45) is 1.63. The van der Waals surface area contributed by atoms with Crippen molar-refractivity contribution in [1.29, 1.82) is 0 Å². The first-order valence-corrected chi connectivity index (χ1v) is 10.2. The molecule has 0 spiro atoms. The first-order valence-electron chi connectivity index (χ1n) is 9.81. The molecule has 4 nitrogen and oxygen atoms in total. The fourth-order valence-corrected chi connectivity index (χ4v) is 3.43. The van der Waals surface area contributed by atoms with Crippen LogP contribution in [0.1, 0.15) is 43.4 Å². The van der Waals surface area contributed by atoms with Crippen LogP contribution < -0.4 is 5.32 Å². The number of rotatable bonds is 9. The Bertz CT molecular complexity index is 807. The fraction of sp³-hybridized carbons (Fsp3) is 0.391. The van der Waals surface area contributed by atoms with Gasteiger partial charge in [0.15, 0.2) is 0 Å². The summed E-state index contributed by atoms with van der Waals surface area (Å²) in [5.41, 5.74) is 2.99. The second-order valence-electron chi connectivity index (χ2n) is 7.03. The number of carbonyl (C=O) groups excluding carboxylic acids is 2. The smallest absolute Gasteiger partial charge is 0.242 e. The lowest BCUT2D eigenvalue weighted by Gasteiger charge is -2.31. The van der Waals surface area contributed by atoms with Gasteiger partial charge in [-0.05, 0) is 43.0 Å². The van der Waals surface area contributed by atoms with E-state index in [-0.39, 0.29) is 18.2 Å². The van der Waals surface area contributed by atoms with Gasteiger partial charge in [-0.3, -0.25) is 9.59 Å². The maximum absolute atomic E-state index is 13.2. The van der Waals surface area contributed by atoms with E-state index in [1.54, 1.807) is 17.0 Å². The number of benzene rings is 2. The molecular weight excluding hydrogens is 372 g/mol. The molecule has 28 heavy (non-hydrogen) atoms. The van der Waals surface area contributed by atoms with Crippen molar-refractivity contribution in [1.82, 2.24) is 10.2 Å². The Hall–Kier alpha value is -2.33. The number of carbonyl (C=O) groups is 2. The Kier molecular flexibility index (Phi) is 8.52. The van der Waals surface area contributed by atoms with E-state index in [1.165, 1.54) is 0 Å². The third kappa shape index (κ3) is 6.38. The summed E-state index contributed by atoms with van der Waals surface area (Å²) in [6.45, 7) is 6.98. The zero-order valence-electron chi connectivity index (χ0n) is 16.9. The first-order chi connectivity index (χ1) is 13.4. The summed E-state index contributed by atoms with van der Waals surface area (Å²) in [5.74, 6) is -0.182. The van der Waals surface area contributed by atoms with Crippen LogP contribution in [0.4, 0.5) is 0 Å². The third-order valence-electron chi connectivity index (χ3n) is 4.61. The maximum Gasteiger partial charge on any atom is 0.242 e. The summed E-state index contributed by atoms with van der Waals surface area (Å²) in [5, 5.41) is 3.54. The number of hydrogen-bond donors (Lipinski definition) is 1. The third-order valence-corrected chi connectivity index (χ3v) is 4.85. The van der Waals surface area contributed by atoms with Crippen molar-refractivity contribution in [3.63, 3.8) is 0 Å². The van der Waals surface area contributed by atoms with Gasteiger partial charge in [-0.25, -0.2) is 0 Å². The van der Waals surface area contributed by atoms with Crippen molar-refractivity contribution >= 4 is 23.4 Å². The zero-order chi connectivity index (χ0) is 20.5. The molecule has 0 heterocycles. The van der Waals surface area contributed by atoms with E-state index in [0.717, 1.165) is 23.1 Å². The van der Waals surface area contributed by atoms with Crippen molar-refractivity contribution < 1.29 is 9.59 Å². The minimum absolute atomic E-state index is 0.0812. The summed E-state index contributed by atoms with van der Waals surface area (Å²) in [4.78, 5) is 27.6. The Balaban J connectivity index is 2.27. The number of aryl methyl sites for hydroxylation is 1. The van der Waals surface area contributed by atoms with Gasteiger partial charge in [0, 0.05) is 18.1 Å². The minimum atomic E-state index is -0.501. The average molecular weight is 401 g/mol. The molecule has 1 atom stereocenters. The molecule has 2 amide bonds. The second-order valence-corrected chi connectivity index (χ2v) is 7.47. The highest BCUT2D eigenvalue weighted by Gasteiger charge is 2.28. The van der Waals surface area contributed by atoms with E-state index in [4.69, 9.17) is 11.6 Å². The van der Waals surface area contributed by atoms with E-state index >= 15 is 0 Å². The predicted molar refractivity (Wildman–Crippen MR) is 114 cm³/mol. The second kappa shape index (κ2) is 10.9. The van der Waals surface area contributed by atoms with Gasteiger partial charge in [-0.2, -0.15) is 0 Å². The molecule has 0 radical (unpaired) electrons. The normalized spacial score (nSPS) is 11.7. The molecule has 0 aromatic heterocycles. The van der Waals surface area contributed by atoms with Crippen molar-refractivity contribution in [3.8, 4) is 0 Å². The van der Waals surface area contributed by atoms with E-state index < -0.39 is 6.04 Å². The van der Waals surface area contributed by atoms with Crippen LogP contribution in [0.25, 0.3) is 0 Å². The van der Waals surface area contributed by atoms with E-state index in [9.17, 15) is 9.59 Å². The highest BCUT2D eigenvalue weighted by atomic mass is 35.5. The van der Waals surface area contributed by atoms with Gasteiger partial charge < -0.3 is 10.2 Å². The standard InChI is InChI=1S/C23H29ClN2O2/c1-4-12-25-23(28)21(5-2)26(16-19-10-6-8-17(3)13-19)22(27)15-18-9-7-11-20(24)14-18/h6-11,13-14,21H,4-5,12,15-16H2,1-3H3,(H,25,28). The van der Waals surface area contributed by atoms with Gasteiger partial charge in [-0.15, -0.1) is 0 Å². The molecule has 0 fully saturated rings. The Morgan fingerprint density at radius 3 is 2.43 bits per heavy atom. The average Bonchev–Trinajstić information content (AvgIpc) is 2.66. The molecule has 2 aromatic rings. The van der Waals surface area contributed by atoms with E-state index in [2.05, 4.69) is 11.4 Å². The van der Waals surface area contributed by atoms with Gasteiger partial charge in [0.25, 0.3) is 0 Å². The number of hydrogen-bond acceptors (Lipinski definition) is 2. The van der Waals surface area contributed by atoms with Crippen LogP contribution in [0.2, 0.25) is 5.02 Å². The van der Waals surface area contributed by atoms with Crippen LogP contribution in [0, 0.1) is 6.92 Å². The highest BCUT2D eigenvalue weighted by molar-refractivity contribution is 6.30. The quantitative estimate of drug-likeness (QED) is 0.672. The SMILES string of the molecule is CCCNC(=O)C(CC)N(Cc1cccc(C)c1)C(=O)Cc1cccc(Cl)c1. The van der Waals surface area contributed by atoms with E-state index in [1.807, 2.05) is 51.1 Å². The monoisotopic (exact) mass is 400 g/mol. The van der Waals surface area contributed by atoms with Crippen LogP contribution in [-0.4, -0.2) is 29.3 Å².